The van der Waals surface area contributed by atoms with E-state index in [9.17, 15) is 19.1 Å². The highest BCUT2D eigenvalue weighted by Crippen LogP contribution is 2.14. The Morgan fingerprint density at radius 1 is 1.36 bits per heavy atom. The van der Waals surface area contributed by atoms with E-state index in [1.54, 1.807) is 12.1 Å². The molecule has 0 fully saturated rings. The van der Waals surface area contributed by atoms with E-state index in [-0.39, 0.29) is 36.1 Å². The fourth-order valence-corrected chi connectivity index (χ4v) is 2.35. The van der Waals surface area contributed by atoms with E-state index in [2.05, 4.69) is 20.5 Å². The summed E-state index contributed by atoms with van der Waals surface area (Å²) in [7, 11) is 1.47. The number of hydrogen-bond acceptors (Lipinski definition) is 6. The molecule has 0 bridgehead atoms. The minimum absolute atomic E-state index is 0.0895. The highest BCUT2D eigenvalue weighted by Gasteiger charge is 2.16. The van der Waals surface area contributed by atoms with Crippen LogP contribution in [0, 0.1) is 5.82 Å². The maximum atomic E-state index is 12.9. The highest BCUT2D eigenvalue weighted by molar-refractivity contribution is 5.80. The Morgan fingerprint density at radius 3 is 2.76 bits per heavy atom. The third kappa shape index (κ3) is 3.19. The number of hydrogen-bond donors (Lipinski definition) is 3. The fraction of sp³-hybridized carbons (Fsp3) is 0.200. The largest absolute Gasteiger partial charge is 0.395 e. The van der Waals surface area contributed by atoms with Crippen LogP contribution in [0.5, 0.6) is 0 Å². The number of benzene rings is 1. The summed E-state index contributed by atoms with van der Waals surface area (Å²) in [6.07, 6.45) is 1.45. The van der Waals surface area contributed by atoms with Gasteiger partial charge in [-0.2, -0.15) is 10.1 Å². The average Bonchev–Trinajstić information content (AvgIpc) is 2.94. The third-order valence-corrected chi connectivity index (χ3v) is 3.58. The Labute approximate surface area is 140 Å². The van der Waals surface area contributed by atoms with Crippen molar-refractivity contribution in [1.29, 1.82) is 0 Å². The van der Waals surface area contributed by atoms with Gasteiger partial charge in [0.1, 0.15) is 5.82 Å². The van der Waals surface area contributed by atoms with Crippen molar-refractivity contribution in [1.82, 2.24) is 19.1 Å². The van der Waals surface area contributed by atoms with Crippen molar-refractivity contribution in [2.75, 3.05) is 12.0 Å². The SMILES string of the molecule is Cn1c(=O)[nH]c(=O)c2c1nc(N/N=C\c1ccc(F)cc1)n2CCO. The number of fused-ring (bicyclic) bond motifs is 1. The molecule has 3 N–H and O–H groups in total. The number of aliphatic hydroxyl groups is 1. The first kappa shape index (κ1) is 16.6. The molecular formula is C15H15FN6O3. The third-order valence-electron chi connectivity index (χ3n) is 3.58. The van der Waals surface area contributed by atoms with E-state index in [1.807, 2.05) is 0 Å². The van der Waals surface area contributed by atoms with E-state index in [0.29, 0.717) is 5.56 Å². The second kappa shape index (κ2) is 6.69. The average molecular weight is 346 g/mol. The number of H-pyrrole nitrogens is 1. The number of aryl methyl sites for hydroxylation is 1. The van der Waals surface area contributed by atoms with Gasteiger partial charge >= 0.3 is 5.69 Å². The van der Waals surface area contributed by atoms with Crippen LogP contribution < -0.4 is 16.7 Å². The van der Waals surface area contributed by atoms with Crippen LogP contribution in [0.25, 0.3) is 11.2 Å². The van der Waals surface area contributed by atoms with Crippen LogP contribution >= 0.6 is 0 Å². The molecule has 0 saturated heterocycles. The van der Waals surface area contributed by atoms with Crippen LogP contribution in [0.2, 0.25) is 0 Å². The molecule has 0 aliphatic carbocycles. The van der Waals surface area contributed by atoms with Gasteiger partial charge in [-0.25, -0.2) is 14.6 Å². The zero-order chi connectivity index (χ0) is 18.0. The molecule has 3 aromatic rings. The van der Waals surface area contributed by atoms with Crippen molar-refractivity contribution < 1.29 is 9.50 Å². The molecule has 2 aromatic heterocycles. The van der Waals surface area contributed by atoms with Gasteiger partial charge in [0.05, 0.1) is 12.8 Å². The van der Waals surface area contributed by atoms with Crippen LogP contribution in [-0.2, 0) is 13.6 Å². The summed E-state index contributed by atoms with van der Waals surface area (Å²) >= 11 is 0. The van der Waals surface area contributed by atoms with Gasteiger partial charge in [0.25, 0.3) is 5.56 Å². The van der Waals surface area contributed by atoms with Crippen molar-refractivity contribution in [3.63, 3.8) is 0 Å². The van der Waals surface area contributed by atoms with E-state index in [4.69, 9.17) is 0 Å². The Balaban J connectivity index is 2.00. The summed E-state index contributed by atoms with van der Waals surface area (Å²) in [5, 5.41) is 13.2. The molecule has 10 heteroatoms. The van der Waals surface area contributed by atoms with Crippen molar-refractivity contribution in [2.45, 2.75) is 6.54 Å². The summed E-state index contributed by atoms with van der Waals surface area (Å²) in [6.45, 7) is -0.143. The van der Waals surface area contributed by atoms with Crippen LogP contribution in [0.4, 0.5) is 10.3 Å². The molecule has 0 amide bonds. The molecule has 0 radical (unpaired) electrons. The molecule has 3 rings (SSSR count). The Hall–Kier alpha value is -3.27. The van der Waals surface area contributed by atoms with Crippen molar-refractivity contribution in [2.24, 2.45) is 12.1 Å². The summed E-state index contributed by atoms with van der Waals surface area (Å²) in [5.41, 5.74) is 2.45. The van der Waals surface area contributed by atoms with E-state index >= 15 is 0 Å². The van der Waals surface area contributed by atoms with Gasteiger partial charge in [-0.15, -0.1) is 0 Å². The van der Waals surface area contributed by atoms with Crippen molar-refractivity contribution in [3.05, 3.63) is 56.5 Å². The Morgan fingerprint density at radius 2 is 2.08 bits per heavy atom. The van der Waals surface area contributed by atoms with Gasteiger partial charge in [-0.1, -0.05) is 12.1 Å². The first-order valence-electron chi connectivity index (χ1n) is 7.36. The molecular weight excluding hydrogens is 331 g/mol. The Kier molecular flexibility index (Phi) is 4.44. The van der Waals surface area contributed by atoms with Crippen LogP contribution in [0.15, 0.2) is 39.0 Å². The molecule has 0 unspecified atom stereocenters. The van der Waals surface area contributed by atoms with Crippen molar-refractivity contribution >= 4 is 23.3 Å². The van der Waals surface area contributed by atoms with Gasteiger partial charge in [0, 0.05) is 13.6 Å². The lowest BCUT2D eigenvalue weighted by Gasteiger charge is -2.05. The number of imidazole rings is 1. The predicted octanol–water partition coefficient (Wildman–Crippen LogP) is 0.000700. The maximum Gasteiger partial charge on any atom is 0.329 e. The standard InChI is InChI=1S/C15H15FN6O3/c1-21-12-11(13(24)19-15(21)25)22(6-7-23)14(18-12)20-17-8-9-2-4-10(16)5-3-9/h2-5,8,23H,6-7H2,1H3,(H,18,20)(H,19,24,25)/b17-8-. The topological polar surface area (TPSA) is 117 Å². The quantitative estimate of drug-likeness (QED) is 0.444. The first-order chi connectivity index (χ1) is 12.0. The summed E-state index contributed by atoms with van der Waals surface area (Å²) < 4.78 is 15.5. The second-order valence-electron chi connectivity index (χ2n) is 5.22. The normalized spacial score (nSPS) is 11.5. The summed E-state index contributed by atoms with van der Waals surface area (Å²) in [6, 6.07) is 5.70. The van der Waals surface area contributed by atoms with Gasteiger partial charge in [-0.05, 0) is 17.7 Å². The van der Waals surface area contributed by atoms with E-state index in [1.165, 1.54) is 34.5 Å². The molecule has 25 heavy (non-hydrogen) atoms. The molecule has 0 atom stereocenters. The minimum atomic E-state index is -0.602. The number of halogens is 1. The van der Waals surface area contributed by atoms with Gasteiger partial charge in [0.2, 0.25) is 5.95 Å². The molecule has 130 valence electrons. The smallest absolute Gasteiger partial charge is 0.329 e. The molecule has 0 aliphatic heterocycles. The van der Waals surface area contributed by atoms with Crippen molar-refractivity contribution in [3.8, 4) is 0 Å². The molecule has 0 saturated carbocycles. The van der Waals surface area contributed by atoms with E-state index in [0.717, 1.165) is 0 Å². The minimum Gasteiger partial charge on any atom is -0.395 e. The molecule has 2 heterocycles. The predicted molar refractivity (Wildman–Crippen MR) is 90.3 cm³/mol. The van der Waals surface area contributed by atoms with Gasteiger partial charge in [-0.3, -0.25) is 14.3 Å². The number of aromatic amines is 1. The highest BCUT2D eigenvalue weighted by atomic mass is 19.1. The second-order valence-corrected chi connectivity index (χ2v) is 5.22. The lowest BCUT2D eigenvalue weighted by molar-refractivity contribution is 0.278. The molecule has 0 aliphatic rings. The van der Waals surface area contributed by atoms with Crippen LogP contribution in [0.3, 0.4) is 0 Å². The number of aromatic nitrogens is 4. The fourth-order valence-electron chi connectivity index (χ4n) is 2.35. The zero-order valence-corrected chi connectivity index (χ0v) is 13.2. The maximum absolute atomic E-state index is 12.9. The number of anilines is 1. The van der Waals surface area contributed by atoms with Gasteiger partial charge < -0.3 is 9.67 Å². The number of nitrogens with one attached hydrogen (secondary N) is 2. The lowest BCUT2D eigenvalue weighted by Crippen LogP contribution is -2.29. The van der Waals surface area contributed by atoms with Crippen LogP contribution in [0.1, 0.15) is 5.56 Å². The molecule has 1 aromatic carbocycles. The number of rotatable bonds is 5. The summed E-state index contributed by atoms with van der Waals surface area (Å²) in [5.74, 6) is -0.163. The lowest BCUT2D eigenvalue weighted by atomic mass is 10.2. The monoisotopic (exact) mass is 346 g/mol. The van der Waals surface area contributed by atoms with Crippen LogP contribution in [-0.4, -0.2) is 37.0 Å². The zero-order valence-electron chi connectivity index (χ0n) is 13.2. The number of hydrazone groups is 1. The van der Waals surface area contributed by atoms with Gasteiger partial charge in [0.15, 0.2) is 11.2 Å². The number of nitrogens with zero attached hydrogens (tertiary/aromatic N) is 4. The van der Waals surface area contributed by atoms with E-state index < -0.39 is 11.2 Å². The number of aliphatic hydroxyl groups excluding tert-OH is 1. The summed E-state index contributed by atoms with van der Waals surface area (Å²) in [4.78, 5) is 30.2. The molecule has 0 spiro atoms. The molecule has 9 nitrogen and oxygen atoms in total. The first-order valence-corrected chi connectivity index (χ1v) is 7.36. The Bertz CT molecular complexity index is 1050.